The van der Waals surface area contributed by atoms with Gasteiger partial charge in [0.05, 0.1) is 6.54 Å². The van der Waals surface area contributed by atoms with Crippen molar-refractivity contribution >= 4 is 5.91 Å². The Morgan fingerprint density at radius 1 is 1.10 bits per heavy atom. The van der Waals surface area contributed by atoms with Gasteiger partial charge in [-0.25, -0.2) is 4.39 Å². The van der Waals surface area contributed by atoms with E-state index in [2.05, 4.69) is 10.2 Å². The molecule has 156 valence electrons. The average molecular weight is 400 g/mol. The third kappa shape index (κ3) is 6.27. The molecule has 1 aliphatic heterocycles. The van der Waals surface area contributed by atoms with E-state index in [9.17, 15) is 9.18 Å². The monoisotopic (exact) mass is 400 g/mol. The number of nitrogens with one attached hydrogen (secondary N) is 1. The summed E-state index contributed by atoms with van der Waals surface area (Å²) in [6.07, 6.45) is 2.42. The predicted molar refractivity (Wildman–Crippen MR) is 110 cm³/mol. The third-order valence-corrected chi connectivity index (χ3v) is 5.45. The molecular formula is C23H29FN2O3. The lowest BCUT2D eigenvalue weighted by atomic mass is 9.95. The molecule has 1 aliphatic rings. The molecule has 6 heteroatoms. The lowest BCUT2D eigenvalue weighted by Gasteiger charge is -2.31. The van der Waals surface area contributed by atoms with Crippen LogP contribution < -0.4 is 10.1 Å². The summed E-state index contributed by atoms with van der Waals surface area (Å²) in [6.45, 7) is 2.74. The summed E-state index contributed by atoms with van der Waals surface area (Å²) in [5.41, 5.74) is 0.609. The van der Waals surface area contributed by atoms with Crippen LogP contribution in [0, 0.1) is 5.82 Å². The van der Waals surface area contributed by atoms with E-state index in [0.717, 1.165) is 37.9 Å². The van der Waals surface area contributed by atoms with E-state index < -0.39 is 5.60 Å². The lowest BCUT2D eigenvalue weighted by molar-refractivity contribution is -0.122. The second-order valence-electron chi connectivity index (χ2n) is 7.50. The van der Waals surface area contributed by atoms with Gasteiger partial charge in [-0.3, -0.25) is 9.69 Å². The van der Waals surface area contributed by atoms with Crippen molar-refractivity contribution in [3.63, 3.8) is 0 Å². The summed E-state index contributed by atoms with van der Waals surface area (Å²) in [4.78, 5) is 14.5. The molecule has 0 bridgehead atoms. The molecule has 0 radical (unpaired) electrons. The predicted octanol–water partition coefficient (Wildman–Crippen LogP) is 3.39. The molecule has 0 aliphatic carbocycles. The molecule has 1 amide bonds. The molecular weight excluding hydrogens is 371 g/mol. The minimum absolute atomic E-state index is 0.0152. The normalized spacial score (nSPS) is 20.1. The van der Waals surface area contributed by atoms with Crippen molar-refractivity contribution in [1.29, 1.82) is 0 Å². The third-order valence-electron chi connectivity index (χ3n) is 5.45. The van der Waals surface area contributed by atoms with E-state index in [1.807, 2.05) is 30.3 Å². The Morgan fingerprint density at radius 3 is 2.62 bits per heavy atom. The smallest absolute Gasteiger partial charge is 0.234 e. The highest BCUT2D eigenvalue weighted by atomic mass is 19.1. The molecule has 5 nitrogen and oxygen atoms in total. The fraction of sp³-hybridized carbons (Fsp3) is 0.435. The van der Waals surface area contributed by atoms with E-state index in [-0.39, 0.29) is 17.5 Å². The molecule has 3 rings (SSSR count). The zero-order valence-electron chi connectivity index (χ0n) is 16.9. The molecule has 1 fully saturated rings. The number of ether oxygens (including phenoxy) is 2. The number of para-hydroxylation sites is 1. The van der Waals surface area contributed by atoms with Gasteiger partial charge in [0.2, 0.25) is 5.91 Å². The van der Waals surface area contributed by atoms with Crippen LogP contribution >= 0.6 is 0 Å². The number of benzene rings is 2. The van der Waals surface area contributed by atoms with Crippen LogP contribution in [0.15, 0.2) is 54.6 Å². The van der Waals surface area contributed by atoms with Gasteiger partial charge in [-0.2, -0.15) is 0 Å². The zero-order valence-corrected chi connectivity index (χ0v) is 16.9. The first kappa shape index (κ1) is 21.3. The van der Waals surface area contributed by atoms with Gasteiger partial charge in [0.1, 0.15) is 12.2 Å². The highest BCUT2D eigenvalue weighted by Gasteiger charge is 2.34. The minimum atomic E-state index is -0.475. The van der Waals surface area contributed by atoms with Crippen LogP contribution in [0.25, 0.3) is 0 Å². The quantitative estimate of drug-likeness (QED) is 0.738. The number of carbonyl (C=O) groups excluding carboxylic acids is 1. The Morgan fingerprint density at radius 2 is 1.86 bits per heavy atom. The zero-order chi connectivity index (χ0) is 20.5. The van der Waals surface area contributed by atoms with Gasteiger partial charge >= 0.3 is 0 Å². The molecule has 0 aromatic heterocycles. The van der Waals surface area contributed by atoms with Gasteiger partial charge in [-0.15, -0.1) is 0 Å². The topological polar surface area (TPSA) is 50.8 Å². The molecule has 1 saturated heterocycles. The van der Waals surface area contributed by atoms with E-state index in [1.165, 1.54) is 6.07 Å². The molecule has 1 heterocycles. The first-order chi connectivity index (χ1) is 14.1. The van der Waals surface area contributed by atoms with Crippen LogP contribution in [-0.2, 0) is 16.1 Å². The Hall–Kier alpha value is -2.44. The second-order valence-corrected chi connectivity index (χ2v) is 7.50. The van der Waals surface area contributed by atoms with Crippen LogP contribution in [0.2, 0.25) is 0 Å². The molecule has 0 saturated carbocycles. The summed E-state index contributed by atoms with van der Waals surface area (Å²) < 4.78 is 25.4. The largest absolute Gasteiger partial charge is 0.488 e. The maximum Gasteiger partial charge on any atom is 0.234 e. The Balaban J connectivity index is 1.48. The molecule has 29 heavy (non-hydrogen) atoms. The fourth-order valence-electron chi connectivity index (χ4n) is 3.62. The number of nitrogens with zero attached hydrogens (tertiary/aromatic N) is 1. The Labute approximate surface area is 171 Å². The first-order valence-corrected chi connectivity index (χ1v) is 10.1. The minimum Gasteiger partial charge on any atom is -0.488 e. The lowest BCUT2D eigenvalue weighted by Crippen LogP contribution is -2.41. The molecule has 0 spiro atoms. The van der Waals surface area contributed by atoms with Crippen molar-refractivity contribution in [1.82, 2.24) is 10.2 Å². The molecule has 1 N–H and O–H groups in total. The highest BCUT2D eigenvalue weighted by molar-refractivity contribution is 5.78. The Bertz CT molecular complexity index is 787. The van der Waals surface area contributed by atoms with E-state index in [4.69, 9.17) is 9.47 Å². The summed E-state index contributed by atoms with van der Waals surface area (Å²) in [7, 11) is 1.67. The summed E-state index contributed by atoms with van der Waals surface area (Å²) in [6, 6.07) is 16.3. The second kappa shape index (κ2) is 10.4. The summed E-state index contributed by atoms with van der Waals surface area (Å²) in [5, 5.41) is 2.98. The molecule has 2 aromatic carbocycles. The van der Waals surface area contributed by atoms with Crippen LogP contribution in [0.1, 0.15) is 24.8 Å². The SMILES string of the molecule is CO[C@]1(COc2ccccc2F)CCCN(CC(=O)NCc2ccccc2)CC1. The van der Waals surface area contributed by atoms with Gasteiger partial charge in [0.25, 0.3) is 0 Å². The standard InChI is InChI=1S/C23H29FN2O3/c1-28-23(18-29-21-11-6-5-10-20(21)24)12-7-14-26(15-13-23)17-22(27)25-16-19-8-3-2-4-9-19/h2-6,8-11H,7,12-18H2,1H3,(H,25,27)/t23-/m1/s1. The van der Waals surface area contributed by atoms with Crippen LogP contribution in [0.3, 0.4) is 0 Å². The van der Waals surface area contributed by atoms with Gasteiger partial charge in [-0.1, -0.05) is 42.5 Å². The number of hydrogen-bond acceptors (Lipinski definition) is 4. The van der Waals surface area contributed by atoms with Crippen LogP contribution in [-0.4, -0.2) is 49.8 Å². The number of halogens is 1. The van der Waals surface area contributed by atoms with Crippen molar-refractivity contribution in [2.75, 3.05) is 33.4 Å². The van der Waals surface area contributed by atoms with Gasteiger partial charge in [0, 0.05) is 20.2 Å². The van der Waals surface area contributed by atoms with E-state index >= 15 is 0 Å². The number of carbonyl (C=O) groups is 1. The van der Waals surface area contributed by atoms with Crippen LogP contribution in [0.4, 0.5) is 4.39 Å². The number of amides is 1. The van der Waals surface area contributed by atoms with Gasteiger partial charge in [0.15, 0.2) is 11.6 Å². The van der Waals surface area contributed by atoms with Crippen molar-refractivity contribution in [3.05, 3.63) is 66.0 Å². The Kier molecular flexibility index (Phi) is 7.61. The van der Waals surface area contributed by atoms with Crippen LogP contribution in [0.5, 0.6) is 5.75 Å². The summed E-state index contributed by atoms with van der Waals surface area (Å²) in [5.74, 6) is -0.115. The van der Waals surface area contributed by atoms with E-state index in [1.54, 1.807) is 25.3 Å². The van der Waals surface area contributed by atoms with E-state index in [0.29, 0.717) is 19.7 Å². The average Bonchev–Trinajstić information content (AvgIpc) is 2.95. The highest BCUT2D eigenvalue weighted by Crippen LogP contribution is 2.28. The van der Waals surface area contributed by atoms with Gasteiger partial charge in [-0.05, 0) is 43.5 Å². The number of rotatable bonds is 8. The van der Waals surface area contributed by atoms with Crippen molar-refractivity contribution < 1.29 is 18.7 Å². The molecule has 2 aromatic rings. The molecule has 1 atom stereocenters. The van der Waals surface area contributed by atoms with Gasteiger partial charge < -0.3 is 14.8 Å². The fourth-order valence-corrected chi connectivity index (χ4v) is 3.62. The maximum atomic E-state index is 13.8. The van der Waals surface area contributed by atoms with Crippen molar-refractivity contribution in [3.8, 4) is 5.75 Å². The summed E-state index contributed by atoms with van der Waals surface area (Å²) >= 11 is 0. The molecule has 0 unspecified atom stereocenters. The first-order valence-electron chi connectivity index (χ1n) is 10.1. The maximum absolute atomic E-state index is 13.8. The number of hydrogen-bond donors (Lipinski definition) is 1. The van der Waals surface area contributed by atoms with Crippen molar-refractivity contribution in [2.45, 2.75) is 31.4 Å². The number of likely N-dealkylation sites (tertiary alicyclic amines) is 1. The van der Waals surface area contributed by atoms with Crippen molar-refractivity contribution in [2.24, 2.45) is 0 Å². The number of methoxy groups -OCH3 is 1.